The fourth-order valence-electron chi connectivity index (χ4n) is 3.21. The van der Waals surface area contributed by atoms with E-state index in [-0.39, 0.29) is 17.2 Å². The van der Waals surface area contributed by atoms with Crippen molar-refractivity contribution in [2.75, 3.05) is 0 Å². The second-order valence-corrected chi connectivity index (χ2v) is 6.29. The Morgan fingerprint density at radius 3 is 2.38 bits per heavy atom. The van der Waals surface area contributed by atoms with Gasteiger partial charge < -0.3 is 10.4 Å². The van der Waals surface area contributed by atoms with Crippen LogP contribution in [0.5, 0.6) is 5.75 Å². The third-order valence-corrected chi connectivity index (χ3v) is 4.48. The number of carbonyl (C=O) groups excluding carboxylic acids is 1. The lowest BCUT2D eigenvalue weighted by molar-refractivity contribution is 0.0880. The molecule has 3 rings (SSSR count). The molecule has 2 aromatic carbocycles. The van der Waals surface area contributed by atoms with Gasteiger partial charge in [-0.1, -0.05) is 43.5 Å². The SMILES string of the molecule is CC1(NC(=O)c2cc3ccccc3cc2O)CCCCC1. The van der Waals surface area contributed by atoms with Gasteiger partial charge in [-0.2, -0.15) is 0 Å². The molecule has 2 aromatic rings. The van der Waals surface area contributed by atoms with E-state index < -0.39 is 0 Å². The number of amides is 1. The summed E-state index contributed by atoms with van der Waals surface area (Å²) >= 11 is 0. The lowest BCUT2D eigenvalue weighted by atomic mass is 9.83. The Labute approximate surface area is 125 Å². The molecule has 1 aliphatic carbocycles. The van der Waals surface area contributed by atoms with Gasteiger partial charge in [0.1, 0.15) is 5.75 Å². The van der Waals surface area contributed by atoms with Crippen molar-refractivity contribution >= 4 is 16.7 Å². The van der Waals surface area contributed by atoms with Crippen molar-refractivity contribution in [3.63, 3.8) is 0 Å². The van der Waals surface area contributed by atoms with Crippen molar-refractivity contribution in [2.24, 2.45) is 0 Å². The lowest BCUT2D eigenvalue weighted by Gasteiger charge is -2.34. The second kappa shape index (κ2) is 5.40. The third-order valence-electron chi connectivity index (χ3n) is 4.48. The van der Waals surface area contributed by atoms with Gasteiger partial charge in [0, 0.05) is 5.54 Å². The highest BCUT2D eigenvalue weighted by molar-refractivity contribution is 6.01. The van der Waals surface area contributed by atoms with Gasteiger partial charge in [0.25, 0.3) is 5.91 Å². The molecule has 1 fully saturated rings. The topological polar surface area (TPSA) is 49.3 Å². The molecule has 21 heavy (non-hydrogen) atoms. The molecule has 0 atom stereocenters. The molecule has 1 amide bonds. The highest BCUT2D eigenvalue weighted by Gasteiger charge is 2.29. The molecule has 0 heterocycles. The van der Waals surface area contributed by atoms with E-state index in [1.165, 1.54) is 6.42 Å². The van der Waals surface area contributed by atoms with E-state index in [1.54, 1.807) is 12.1 Å². The molecule has 0 bridgehead atoms. The van der Waals surface area contributed by atoms with Crippen LogP contribution < -0.4 is 5.32 Å². The van der Waals surface area contributed by atoms with Crippen LogP contribution in [0.1, 0.15) is 49.4 Å². The molecular formula is C18H21NO2. The largest absolute Gasteiger partial charge is 0.507 e. The smallest absolute Gasteiger partial charge is 0.255 e. The Kier molecular flexibility index (Phi) is 3.58. The Hall–Kier alpha value is -2.03. The summed E-state index contributed by atoms with van der Waals surface area (Å²) in [7, 11) is 0. The summed E-state index contributed by atoms with van der Waals surface area (Å²) in [5.41, 5.74) is 0.216. The summed E-state index contributed by atoms with van der Waals surface area (Å²) in [6.07, 6.45) is 5.56. The van der Waals surface area contributed by atoms with E-state index in [0.29, 0.717) is 5.56 Å². The quantitative estimate of drug-likeness (QED) is 0.875. The predicted octanol–water partition coefficient (Wildman–Crippen LogP) is 4.00. The maximum Gasteiger partial charge on any atom is 0.255 e. The number of carbonyl (C=O) groups is 1. The third kappa shape index (κ3) is 2.87. The lowest BCUT2D eigenvalue weighted by Crippen LogP contribution is -2.47. The monoisotopic (exact) mass is 283 g/mol. The normalized spacial score (nSPS) is 17.6. The van der Waals surface area contributed by atoms with Gasteiger partial charge >= 0.3 is 0 Å². The van der Waals surface area contributed by atoms with Crippen molar-refractivity contribution in [3.8, 4) is 5.75 Å². The second-order valence-electron chi connectivity index (χ2n) is 6.29. The number of nitrogens with one attached hydrogen (secondary N) is 1. The number of phenols is 1. The van der Waals surface area contributed by atoms with Gasteiger partial charge in [-0.25, -0.2) is 0 Å². The molecule has 3 heteroatoms. The zero-order chi connectivity index (χ0) is 14.9. The first kappa shape index (κ1) is 13.9. The number of fused-ring (bicyclic) bond motifs is 1. The van der Waals surface area contributed by atoms with Crippen molar-refractivity contribution in [1.29, 1.82) is 0 Å². The van der Waals surface area contributed by atoms with Gasteiger partial charge in [-0.3, -0.25) is 4.79 Å². The fraction of sp³-hybridized carbons (Fsp3) is 0.389. The van der Waals surface area contributed by atoms with E-state index in [2.05, 4.69) is 12.2 Å². The molecule has 110 valence electrons. The number of rotatable bonds is 2. The number of benzene rings is 2. The van der Waals surface area contributed by atoms with Crippen LogP contribution in [0.3, 0.4) is 0 Å². The molecule has 1 saturated carbocycles. The molecule has 3 nitrogen and oxygen atoms in total. The maximum absolute atomic E-state index is 12.5. The van der Waals surface area contributed by atoms with Crippen LogP contribution in [0.15, 0.2) is 36.4 Å². The first-order valence-electron chi connectivity index (χ1n) is 7.62. The highest BCUT2D eigenvalue weighted by atomic mass is 16.3. The minimum Gasteiger partial charge on any atom is -0.507 e. The standard InChI is InChI=1S/C18H21NO2/c1-18(9-5-2-6-10-18)19-17(21)15-11-13-7-3-4-8-14(13)12-16(15)20/h3-4,7-8,11-12,20H,2,5-6,9-10H2,1H3,(H,19,21). The summed E-state index contributed by atoms with van der Waals surface area (Å²) in [6, 6.07) is 11.2. The van der Waals surface area contributed by atoms with E-state index in [0.717, 1.165) is 36.5 Å². The number of hydrogen-bond acceptors (Lipinski definition) is 2. The molecule has 0 aromatic heterocycles. The van der Waals surface area contributed by atoms with Crippen LogP contribution >= 0.6 is 0 Å². The molecule has 0 unspecified atom stereocenters. The number of aromatic hydroxyl groups is 1. The van der Waals surface area contributed by atoms with Gasteiger partial charge in [0.15, 0.2) is 0 Å². The molecule has 0 aliphatic heterocycles. The summed E-state index contributed by atoms with van der Waals surface area (Å²) < 4.78 is 0. The van der Waals surface area contributed by atoms with E-state index >= 15 is 0 Å². The van der Waals surface area contributed by atoms with Gasteiger partial charge in [-0.05, 0) is 42.7 Å². The Morgan fingerprint density at radius 1 is 1.10 bits per heavy atom. The Bertz CT molecular complexity index is 672. The van der Waals surface area contributed by atoms with Crippen molar-refractivity contribution in [2.45, 2.75) is 44.6 Å². The predicted molar refractivity (Wildman–Crippen MR) is 84.6 cm³/mol. The molecule has 0 spiro atoms. The number of hydrogen-bond donors (Lipinski definition) is 2. The van der Waals surface area contributed by atoms with Crippen LogP contribution in [0.4, 0.5) is 0 Å². The molecule has 0 saturated heterocycles. The van der Waals surface area contributed by atoms with E-state index in [4.69, 9.17) is 0 Å². The number of phenolic OH excluding ortho intramolecular Hbond substituents is 1. The van der Waals surface area contributed by atoms with Crippen molar-refractivity contribution < 1.29 is 9.90 Å². The minimum absolute atomic E-state index is 0.0469. The van der Waals surface area contributed by atoms with Crippen molar-refractivity contribution in [1.82, 2.24) is 5.32 Å². The average molecular weight is 283 g/mol. The molecule has 2 N–H and O–H groups in total. The zero-order valence-electron chi connectivity index (χ0n) is 12.4. The highest BCUT2D eigenvalue weighted by Crippen LogP contribution is 2.30. The van der Waals surface area contributed by atoms with Crippen LogP contribution in [-0.4, -0.2) is 16.6 Å². The summed E-state index contributed by atoms with van der Waals surface area (Å²) in [4.78, 5) is 12.5. The first-order chi connectivity index (χ1) is 10.1. The fourth-order valence-corrected chi connectivity index (χ4v) is 3.21. The molecular weight excluding hydrogens is 262 g/mol. The Balaban J connectivity index is 1.88. The summed E-state index contributed by atoms with van der Waals surface area (Å²) in [6.45, 7) is 2.10. The first-order valence-corrected chi connectivity index (χ1v) is 7.62. The van der Waals surface area contributed by atoms with Crippen LogP contribution in [0, 0.1) is 0 Å². The zero-order valence-corrected chi connectivity index (χ0v) is 12.4. The minimum atomic E-state index is -0.178. The van der Waals surface area contributed by atoms with E-state index in [9.17, 15) is 9.90 Å². The van der Waals surface area contributed by atoms with Crippen LogP contribution in [0.25, 0.3) is 10.8 Å². The van der Waals surface area contributed by atoms with Crippen LogP contribution in [-0.2, 0) is 0 Å². The van der Waals surface area contributed by atoms with E-state index in [1.807, 2.05) is 24.3 Å². The summed E-state index contributed by atoms with van der Waals surface area (Å²) in [5, 5.41) is 15.2. The molecule has 1 aliphatic rings. The van der Waals surface area contributed by atoms with Gasteiger partial charge in [0.2, 0.25) is 0 Å². The van der Waals surface area contributed by atoms with Crippen molar-refractivity contribution in [3.05, 3.63) is 42.0 Å². The van der Waals surface area contributed by atoms with Gasteiger partial charge in [-0.15, -0.1) is 0 Å². The summed E-state index contributed by atoms with van der Waals surface area (Å²) in [5.74, 6) is -0.131. The maximum atomic E-state index is 12.5. The average Bonchev–Trinajstić information content (AvgIpc) is 2.46. The van der Waals surface area contributed by atoms with Crippen LogP contribution in [0.2, 0.25) is 0 Å². The Morgan fingerprint density at radius 2 is 1.71 bits per heavy atom. The van der Waals surface area contributed by atoms with Gasteiger partial charge in [0.05, 0.1) is 5.56 Å². The molecule has 0 radical (unpaired) electrons.